The Kier molecular flexibility index (Phi) is 4.81. The van der Waals surface area contributed by atoms with Crippen LogP contribution in [0.15, 0.2) is 16.9 Å². The van der Waals surface area contributed by atoms with Crippen LogP contribution in [0.1, 0.15) is 13.8 Å². The highest BCUT2D eigenvalue weighted by atomic mass is 79.9. The van der Waals surface area contributed by atoms with E-state index in [9.17, 15) is 0 Å². The maximum atomic E-state index is 4.15. The second kappa shape index (κ2) is 5.66. The number of halogens is 2. The van der Waals surface area contributed by atoms with Crippen LogP contribution < -0.4 is 5.32 Å². The Balaban J connectivity index is 2.56. The normalized spacial score (nSPS) is 14.9. The van der Waals surface area contributed by atoms with Crippen molar-refractivity contribution in [2.24, 2.45) is 5.92 Å². The minimum Gasteiger partial charge on any atom is -0.351 e. The van der Waals surface area contributed by atoms with E-state index in [2.05, 4.69) is 61.0 Å². The van der Waals surface area contributed by atoms with Crippen molar-refractivity contribution >= 4 is 37.8 Å². The molecule has 2 unspecified atom stereocenters. The van der Waals surface area contributed by atoms with E-state index < -0.39 is 0 Å². The molecule has 1 N–H and O–H groups in total. The number of nitrogens with one attached hydrogen (secondary N) is 1. The standard InChI is InChI=1S/C9H13Br2N3/c1-6(3-10)7(2)14-9-12-4-8(11)5-13-9/h4-7H,3H2,1-2H3,(H,12,13,14). The number of nitrogens with zero attached hydrogens (tertiary/aromatic N) is 2. The molecule has 0 saturated carbocycles. The van der Waals surface area contributed by atoms with Gasteiger partial charge in [0.2, 0.25) is 5.95 Å². The van der Waals surface area contributed by atoms with Crippen molar-refractivity contribution in [3.63, 3.8) is 0 Å². The summed E-state index contributed by atoms with van der Waals surface area (Å²) < 4.78 is 0.893. The monoisotopic (exact) mass is 321 g/mol. The van der Waals surface area contributed by atoms with Crippen LogP contribution in [-0.4, -0.2) is 21.3 Å². The van der Waals surface area contributed by atoms with Crippen molar-refractivity contribution in [2.75, 3.05) is 10.6 Å². The van der Waals surface area contributed by atoms with Crippen LogP contribution in [0.4, 0.5) is 5.95 Å². The molecule has 0 aromatic carbocycles. The van der Waals surface area contributed by atoms with E-state index in [0.717, 1.165) is 9.80 Å². The fourth-order valence-electron chi connectivity index (χ4n) is 0.866. The third-order valence-corrected chi connectivity index (χ3v) is 3.50. The number of hydrogen-bond donors (Lipinski definition) is 1. The van der Waals surface area contributed by atoms with Crippen molar-refractivity contribution < 1.29 is 0 Å². The van der Waals surface area contributed by atoms with Gasteiger partial charge in [-0.3, -0.25) is 0 Å². The number of anilines is 1. The van der Waals surface area contributed by atoms with Crippen LogP contribution >= 0.6 is 31.9 Å². The summed E-state index contributed by atoms with van der Waals surface area (Å²) in [7, 11) is 0. The van der Waals surface area contributed by atoms with Gasteiger partial charge >= 0.3 is 0 Å². The largest absolute Gasteiger partial charge is 0.351 e. The molecular weight excluding hydrogens is 310 g/mol. The van der Waals surface area contributed by atoms with Gasteiger partial charge < -0.3 is 5.32 Å². The smallest absolute Gasteiger partial charge is 0.222 e. The molecule has 0 radical (unpaired) electrons. The Morgan fingerprint density at radius 3 is 2.43 bits per heavy atom. The van der Waals surface area contributed by atoms with E-state index in [1.807, 2.05) is 0 Å². The minimum absolute atomic E-state index is 0.357. The first-order valence-corrected chi connectivity index (χ1v) is 6.35. The molecule has 1 aromatic rings. The molecule has 1 aromatic heterocycles. The van der Waals surface area contributed by atoms with Gasteiger partial charge in [-0.1, -0.05) is 22.9 Å². The van der Waals surface area contributed by atoms with Gasteiger partial charge in [-0.25, -0.2) is 9.97 Å². The predicted octanol–water partition coefficient (Wildman–Crippen LogP) is 3.07. The zero-order valence-electron chi connectivity index (χ0n) is 8.17. The Bertz CT molecular complexity index is 276. The SMILES string of the molecule is CC(CBr)C(C)Nc1ncc(Br)cn1. The predicted molar refractivity (Wildman–Crippen MR) is 65.8 cm³/mol. The highest BCUT2D eigenvalue weighted by Gasteiger charge is 2.11. The van der Waals surface area contributed by atoms with Crippen molar-refractivity contribution in [1.82, 2.24) is 9.97 Å². The molecule has 78 valence electrons. The fraction of sp³-hybridized carbons (Fsp3) is 0.556. The lowest BCUT2D eigenvalue weighted by atomic mass is 10.1. The van der Waals surface area contributed by atoms with E-state index in [4.69, 9.17) is 0 Å². The molecule has 0 amide bonds. The molecule has 0 aliphatic heterocycles. The van der Waals surface area contributed by atoms with Crippen molar-refractivity contribution in [2.45, 2.75) is 19.9 Å². The van der Waals surface area contributed by atoms with Crippen molar-refractivity contribution in [1.29, 1.82) is 0 Å². The maximum absolute atomic E-state index is 4.15. The molecule has 3 nitrogen and oxygen atoms in total. The molecule has 0 spiro atoms. The zero-order chi connectivity index (χ0) is 10.6. The summed E-state index contributed by atoms with van der Waals surface area (Å²) in [6.45, 7) is 4.29. The van der Waals surface area contributed by atoms with Crippen LogP contribution in [0.3, 0.4) is 0 Å². The Morgan fingerprint density at radius 1 is 1.36 bits per heavy atom. The van der Waals surface area contributed by atoms with Crippen molar-refractivity contribution in [3.8, 4) is 0 Å². The molecule has 0 bridgehead atoms. The van der Waals surface area contributed by atoms with Gasteiger partial charge in [-0.2, -0.15) is 0 Å². The van der Waals surface area contributed by atoms with Gasteiger partial charge in [0, 0.05) is 23.8 Å². The molecule has 1 rings (SSSR count). The summed E-state index contributed by atoms with van der Waals surface area (Å²) >= 11 is 6.75. The molecule has 0 fully saturated rings. The lowest BCUT2D eigenvalue weighted by molar-refractivity contribution is 0.568. The first kappa shape index (κ1) is 11.9. The number of rotatable bonds is 4. The zero-order valence-corrected chi connectivity index (χ0v) is 11.3. The first-order valence-electron chi connectivity index (χ1n) is 4.43. The van der Waals surface area contributed by atoms with E-state index in [1.165, 1.54) is 0 Å². The fourth-order valence-corrected chi connectivity index (χ4v) is 1.63. The lowest BCUT2D eigenvalue weighted by Gasteiger charge is -2.18. The molecule has 0 saturated heterocycles. The third kappa shape index (κ3) is 3.53. The van der Waals surface area contributed by atoms with Crippen LogP contribution in [-0.2, 0) is 0 Å². The third-order valence-electron chi connectivity index (χ3n) is 2.07. The minimum atomic E-state index is 0.357. The molecular formula is C9H13Br2N3. The van der Waals surface area contributed by atoms with Gasteiger partial charge in [0.25, 0.3) is 0 Å². The van der Waals surface area contributed by atoms with Gasteiger partial charge in [0.15, 0.2) is 0 Å². The molecule has 14 heavy (non-hydrogen) atoms. The van der Waals surface area contributed by atoms with Crippen LogP contribution in [0, 0.1) is 5.92 Å². The second-order valence-corrected chi connectivity index (χ2v) is 4.85. The second-order valence-electron chi connectivity index (χ2n) is 3.29. The Hall–Kier alpha value is -0.160. The molecule has 0 aliphatic carbocycles. The van der Waals surface area contributed by atoms with Gasteiger partial charge in [-0.15, -0.1) is 0 Å². The number of hydrogen-bond acceptors (Lipinski definition) is 3. The van der Waals surface area contributed by atoms with Crippen LogP contribution in [0.2, 0.25) is 0 Å². The highest BCUT2D eigenvalue weighted by Crippen LogP contribution is 2.12. The van der Waals surface area contributed by atoms with Gasteiger partial charge in [0.05, 0.1) is 4.47 Å². The van der Waals surface area contributed by atoms with Crippen LogP contribution in [0.25, 0.3) is 0 Å². The maximum Gasteiger partial charge on any atom is 0.222 e. The topological polar surface area (TPSA) is 37.8 Å². The van der Waals surface area contributed by atoms with E-state index in [1.54, 1.807) is 12.4 Å². The van der Waals surface area contributed by atoms with Crippen LogP contribution in [0.5, 0.6) is 0 Å². The Labute approximate surface area is 101 Å². The summed E-state index contributed by atoms with van der Waals surface area (Å²) in [4.78, 5) is 8.30. The molecule has 0 aliphatic rings. The van der Waals surface area contributed by atoms with Gasteiger partial charge in [0.1, 0.15) is 0 Å². The summed E-state index contributed by atoms with van der Waals surface area (Å²) in [5.74, 6) is 1.22. The Morgan fingerprint density at radius 2 is 1.93 bits per heavy atom. The molecule has 5 heteroatoms. The molecule has 1 heterocycles. The van der Waals surface area contributed by atoms with E-state index in [0.29, 0.717) is 17.9 Å². The van der Waals surface area contributed by atoms with Gasteiger partial charge in [-0.05, 0) is 28.8 Å². The first-order chi connectivity index (χ1) is 6.63. The quantitative estimate of drug-likeness (QED) is 0.866. The van der Waals surface area contributed by atoms with Crippen molar-refractivity contribution in [3.05, 3.63) is 16.9 Å². The number of alkyl halides is 1. The highest BCUT2D eigenvalue weighted by molar-refractivity contribution is 9.10. The summed E-state index contributed by atoms with van der Waals surface area (Å²) in [6, 6.07) is 0.357. The number of aromatic nitrogens is 2. The summed E-state index contributed by atoms with van der Waals surface area (Å²) in [5, 5.41) is 4.22. The lowest BCUT2D eigenvalue weighted by Crippen LogP contribution is -2.25. The van der Waals surface area contributed by atoms with E-state index in [-0.39, 0.29) is 0 Å². The summed E-state index contributed by atoms with van der Waals surface area (Å²) in [6.07, 6.45) is 3.47. The van der Waals surface area contributed by atoms with E-state index >= 15 is 0 Å². The summed E-state index contributed by atoms with van der Waals surface area (Å²) in [5.41, 5.74) is 0. The average molecular weight is 323 g/mol. The average Bonchev–Trinajstić information content (AvgIpc) is 2.20. The molecule has 2 atom stereocenters.